The summed E-state index contributed by atoms with van der Waals surface area (Å²) >= 11 is 0. The average Bonchev–Trinajstić information content (AvgIpc) is 2.90. The zero-order chi connectivity index (χ0) is 11.5. The maximum atomic E-state index is 5.46. The van der Waals surface area contributed by atoms with Crippen molar-refractivity contribution in [3.8, 4) is 0 Å². The van der Waals surface area contributed by atoms with Crippen molar-refractivity contribution < 1.29 is 4.84 Å². The number of aliphatic imine (C=N–C) groups is 1. The van der Waals surface area contributed by atoms with Crippen molar-refractivity contribution in [2.45, 2.75) is 38.3 Å². The van der Waals surface area contributed by atoms with Gasteiger partial charge in [-0.25, -0.2) is 4.99 Å². The first-order valence-corrected chi connectivity index (χ1v) is 6.34. The van der Waals surface area contributed by atoms with Gasteiger partial charge in [-0.15, -0.1) is 5.48 Å². The summed E-state index contributed by atoms with van der Waals surface area (Å²) in [5.74, 6) is 1.30. The first-order valence-electron chi connectivity index (χ1n) is 6.34. The van der Waals surface area contributed by atoms with Gasteiger partial charge in [0.1, 0.15) is 6.17 Å². The standard InChI is InChI=1S/C13H17N3O/c1-2-5-10(6-3-1)12-15-13(17-16-12)11-7-4-8-14-9-11/h4,7-10,12,16H,1-3,5-6H2. The molecule has 1 N–H and O–H groups in total. The topological polar surface area (TPSA) is 46.5 Å². The van der Waals surface area contributed by atoms with Crippen LogP contribution in [0.2, 0.25) is 0 Å². The van der Waals surface area contributed by atoms with Gasteiger partial charge in [0, 0.05) is 12.4 Å². The second-order valence-corrected chi connectivity index (χ2v) is 4.74. The molecule has 17 heavy (non-hydrogen) atoms. The molecular formula is C13H17N3O. The minimum absolute atomic E-state index is 0.130. The lowest BCUT2D eigenvalue weighted by atomic mass is 9.87. The van der Waals surface area contributed by atoms with Crippen LogP contribution in [0.25, 0.3) is 0 Å². The summed E-state index contributed by atoms with van der Waals surface area (Å²) in [6, 6.07) is 3.87. The molecule has 1 aromatic rings. The number of pyridine rings is 1. The molecular weight excluding hydrogens is 214 g/mol. The van der Waals surface area contributed by atoms with Crippen LogP contribution in [0, 0.1) is 5.92 Å². The fourth-order valence-electron chi connectivity index (χ4n) is 2.57. The number of hydrogen-bond donors (Lipinski definition) is 1. The Morgan fingerprint density at radius 2 is 2.12 bits per heavy atom. The van der Waals surface area contributed by atoms with Crippen LogP contribution >= 0.6 is 0 Å². The van der Waals surface area contributed by atoms with E-state index in [0.29, 0.717) is 11.8 Å². The van der Waals surface area contributed by atoms with Crippen molar-refractivity contribution in [3.63, 3.8) is 0 Å². The van der Waals surface area contributed by atoms with Gasteiger partial charge in [0.05, 0.1) is 5.56 Å². The summed E-state index contributed by atoms with van der Waals surface area (Å²) < 4.78 is 0. The Bertz CT molecular complexity index is 398. The Morgan fingerprint density at radius 3 is 2.88 bits per heavy atom. The number of nitrogens with zero attached hydrogens (tertiary/aromatic N) is 2. The third kappa shape index (κ3) is 2.31. The number of hydrogen-bond acceptors (Lipinski definition) is 4. The molecule has 1 aliphatic carbocycles. The van der Waals surface area contributed by atoms with Crippen LogP contribution in [0.4, 0.5) is 0 Å². The van der Waals surface area contributed by atoms with Gasteiger partial charge in [0.15, 0.2) is 0 Å². The highest BCUT2D eigenvalue weighted by molar-refractivity contribution is 5.94. The van der Waals surface area contributed by atoms with E-state index < -0.39 is 0 Å². The van der Waals surface area contributed by atoms with Gasteiger partial charge < -0.3 is 4.84 Å². The molecule has 1 aromatic heterocycles. The maximum Gasteiger partial charge on any atom is 0.243 e. The second kappa shape index (κ2) is 4.84. The smallest absolute Gasteiger partial charge is 0.243 e. The van der Waals surface area contributed by atoms with E-state index >= 15 is 0 Å². The van der Waals surface area contributed by atoms with Crippen molar-refractivity contribution in [2.24, 2.45) is 10.9 Å². The monoisotopic (exact) mass is 231 g/mol. The van der Waals surface area contributed by atoms with E-state index in [9.17, 15) is 0 Å². The Labute approximate surface area is 101 Å². The van der Waals surface area contributed by atoms with Crippen molar-refractivity contribution in [1.82, 2.24) is 10.5 Å². The Balaban J connectivity index is 1.72. The van der Waals surface area contributed by atoms with Crippen LogP contribution in [0.15, 0.2) is 29.5 Å². The molecule has 4 heteroatoms. The molecule has 4 nitrogen and oxygen atoms in total. The van der Waals surface area contributed by atoms with Crippen LogP contribution in [-0.2, 0) is 4.84 Å². The van der Waals surface area contributed by atoms with Gasteiger partial charge in [-0.05, 0) is 30.9 Å². The van der Waals surface area contributed by atoms with Gasteiger partial charge in [-0.2, -0.15) is 0 Å². The van der Waals surface area contributed by atoms with Crippen LogP contribution in [-0.4, -0.2) is 17.0 Å². The number of hydroxylamine groups is 1. The summed E-state index contributed by atoms with van der Waals surface area (Å²) in [6.07, 6.45) is 10.2. The minimum atomic E-state index is 0.130. The van der Waals surface area contributed by atoms with E-state index in [2.05, 4.69) is 15.5 Å². The van der Waals surface area contributed by atoms with E-state index in [1.807, 2.05) is 12.1 Å². The molecule has 0 spiro atoms. The molecule has 3 rings (SSSR count). The fraction of sp³-hybridized carbons (Fsp3) is 0.538. The first-order chi connectivity index (χ1) is 8.43. The molecule has 2 heterocycles. The lowest BCUT2D eigenvalue weighted by molar-refractivity contribution is 0.134. The predicted molar refractivity (Wildman–Crippen MR) is 65.4 cm³/mol. The highest BCUT2D eigenvalue weighted by Crippen LogP contribution is 2.28. The van der Waals surface area contributed by atoms with Crippen LogP contribution < -0.4 is 5.48 Å². The molecule has 0 bridgehead atoms. The number of rotatable bonds is 2. The average molecular weight is 231 g/mol. The Hall–Kier alpha value is -1.42. The predicted octanol–water partition coefficient (Wildman–Crippen LogP) is 2.27. The molecule has 1 saturated carbocycles. The normalized spacial score (nSPS) is 25.4. The van der Waals surface area contributed by atoms with Gasteiger partial charge in [0.2, 0.25) is 5.90 Å². The fourth-order valence-corrected chi connectivity index (χ4v) is 2.57. The number of nitrogens with one attached hydrogen (secondary N) is 1. The van der Waals surface area contributed by atoms with Crippen LogP contribution in [0.1, 0.15) is 37.7 Å². The van der Waals surface area contributed by atoms with Gasteiger partial charge in [-0.3, -0.25) is 4.98 Å². The van der Waals surface area contributed by atoms with Crippen molar-refractivity contribution >= 4 is 5.90 Å². The van der Waals surface area contributed by atoms with Crippen LogP contribution in [0.5, 0.6) is 0 Å². The third-order valence-electron chi connectivity index (χ3n) is 3.54. The van der Waals surface area contributed by atoms with E-state index in [0.717, 1.165) is 5.56 Å². The Morgan fingerprint density at radius 1 is 1.24 bits per heavy atom. The van der Waals surface area contributed by atoms with Gasteiger partial charge >= 0.3 is 0 Å². The zero-order valence-electron chi connectivity index (χ0n) is 9.80. The molecule has 0 saturated heterocycles. The highest BCUT2D eigenvalue weighted by Gasteiger charge is 2.28. The molecule has 1 atom stereocenters. The number of aromatic nitrogens is 1. The van der Waals surface area contributed by atoms with Crippen LogP contribution in [0.3, 0.4) is 0 Å². The highest BCUT2D eigenvalue weighted by atomic mass is 16.7. The summed E-state index contributed by atoms with van der Waals surface area (Å²) in [6.45, 7) is 0. The lowest BCUT2D eigenvalue weighted by Crippen LogP contribution is -2.31. The second-order valence-electron chi connectivity index (χ2n) is 4.74. The Kier molecular flexibility index (Phi) is 3.05. The van der Waals surface area contributed by atoms with Gasteiger partial charge in [-0.1, -0.05) is 19.3 Å². The van der Waals surface area contributed by atoms with E-state index in [1.54, 1.807) is 12.4 Å². The minimum Gasteiger partial charge on any atom is -0.386 e. The molecule has 90 valence electrons. The molecule has 0 aromatic carbocycles. The van der Waals surface area contributed by atoms with E-state index in [1.165, 1.54) is 32.1 Å². The van der Waals surface area contributed by atoms with E-state index in [-0.39, 0.29) is 6.17 Å². The van der Waals surface area contributed by atoms with Gasteiger partial charge in [0.25, 0.3) is 0 Å². The summed E-state index contributed by atoms with van der Waals surface area (Å²) in [5.41, 5.74) is 3.99. The molecule has 1 fully saturated rings. The SMILES string of the molecule is c1cncc(C2=NC(C3CCCCC3)NO2)c1. The third-order valence-corrected chi connectivity index (χ3v) is 3.54. The van der Waals surface area contributed by atoms with E-state index in [4.69, 9.17) is 4.84 Å². The van der Waals surface area contributed by atoms with Crippen molar-refractivity contribution in [1.29, 1.82) is 0 Å². The summed E-state index contributed by atoms with van der Waals surface area (Å²) in [5, 5.41) is 0. The molecule has 0 radical (unpaired) electrons. The maximum absolute atomic E-state index is 5.46. The molecule has 0 amide bonds. The lowest BCUT2D eigenvalue weighted by Gasteiger charge is -2.24. The zero-order valence-corrected chi connectivity index (χ0v) is 9.80. The largest absolute Gasteiger partial charge is 0.386 e. The van der Waals surface area contributed by atoms with Crippen molar-refractivity contribution in [3.05, 3.63) is 30.1 Å². The van der Waals surface area contributed by atoms with Crippen molar-refractivity contribution in [2.75, 3.05) is 0 Å². The summed E-state index contributed by atoms with van der Waals surface area (Å²) in [4.78, 5) is 14.2. The molecule has 1 unspecified atom stereocenters. The molecule has 1 aliphatic heterocycles. The first kappa shape index (κ1) is 10.7. The summed E-state index contributed by atoms with van der Waals surface area (Å²) in [7, 11) is 0. The quantitative estimate of drug-likeness (QED) is 0.849. The molecule has 2 aliphatic rings.